The van der Waals surface area contributed by atoms with Crippen molar-refractivity contribution >= 4 is 5.69 Å². The van der Waals surface area contributed by atoms with Gasteiger partial charge in [-0.25, -0.2) is 9.97 Å². The molecule has 0 aliphatic rings. The van der Waals surface area contributed by atoms with E-state index in [9.17, 15) is 0 Å². The number of nitrogens with two attached hydrogens (primary N) is 1. The Morgan fingerprint density at radius 1 is 1.46 bits per heavy atom. The molecule has 0 saturated carbocycles. The van der Waals surface area contributed by atoms with Crippen LogP contribution in [0.5, 0.6) is 0 Å². The van der Waals surface area contributed by atoms with Gasteiger partial charge in [0.05, 0.1) is 11.9 Å². The smallest absolute Gasteiger partial charge is 0.138 e. The number of nitrogen functional groups attached to an aromatic ring is 1. The first kappa shape index (κ1) is 7.79. The minimum atomic E-state index is 0.712. The Balaban J connectivity index is 2.49. The quantitative estimate of drug-likeness (QED) is 0.705. The number of hydrogen-bond acceptors (Lipinski definition) is 3. The molecule has 2 heterocycles. The van der Waals surface area contributed by atoms with Gasteiger partial charge in [0.2, 0.25) is 0 Å². The Hall–Kier alpha value is -1.84. The second-order valence-electron chi connectivity index (χ2n) is 2.87. The number of rotatable bonds is 1. The molecule has 2 aromatic rings. The van der Waals surface area contributed by atoms with Crippen molar-refractivity contribution in [3.05, 3.63) is 36.5 Å². The molecule has 0 atom stereocenters. The molecular formula is C9H10N4. The maximum atomic E-state index is 5.65. The van der Waals surface area contributed by atoms with Gasteiger partial charge in [0.1, 0.15) is 12.1 Å². The van der Waals surface area contributed by atoms with Gasteiger partial charge < -0.3 is 5.73 Å². The van der Waals surface area contributed by atoms with Crippen LogP contribution in [0.3, 0.4) is 0 Å². The van der Waals surface area contributed by atoms with E-state index in [0.717, 1.165) is 11.4 Å². The highest BCUT2D eigenvalue weighted by Gasteiger charge is 1.99. The van der Waals surface area contributed by atoms with Crippen LogP contribution in [0.4, 0.5) is 5.69 Å². The Labute approximate surface area is 76.1 Å². The van der Waals surface area contributed by atoms with Crippen LogP contribution in [-0.4, -0.2) is 14.5 Å². The van der Waals surface area contributed by atoms with Crippen molar-refractivity contribution in [1.29, 1.82) is 0 Å². The third kappa shape index (κ3) is 1.38. The summed E-state index contributed by atoms with van der Waals surface area (Å²) in [6.45, 7) is 1.96. The number of aromatic nitrogens is 3. The summed E-state index contributed by atoms with van der Waals surface area (Å²) >= 11 is 0. The molecule has 4 heteroatoms. The standard InChI is InChI=1S/C9H10N4/c1-7-4-9(12-5-8(7)10)13-3-2-11-6-13/h2-6H,10H2,1H3. The van der Waals surface area contributed by atoms with E-state index in [1.165, 1.54) is 0 Å². The predicted molar refractivity (Wildman–Crippen MR) is 50.5 cm³/mol. The third-order valence-corrected chi connectivity index (χ3v) is 1.91. The topological polar surface area (TPSA) is 56.7 Å². The molecular weight excluding hydrogens is 164 g/mol. The van der Waals surface area contributed by atoms with E-state index in [4.69, 9.17) is 5.73 Å². The number of anilines is 1. The van der Waals surface area contributed by atoms with E-state index in [1.807, 2.05) is 23.8 Å². The van der Waals surface area contributed by atoms with Crippen LogP contribution in [0.1, 0.15) is 5.56 Å². The first-order valence-corrected chi connectivity index (χ1v) is 3.98. The molecule has 0 bridgehead atoms. The van der Waals surface area contributed by atoms with E-state index in [0.29, 0.717) is 5.69 Å². The number of imidazole rings is 1. The molecule has 0 saturated heterocycles. The van der Waals surface area contributed by atoms with Gasteiger partial charge in [-0.1, -0.05) is 0 Å². The maximum Gasteiger partial charge on any atom is 0.138 e. The fourth-order valence-corrected chi connectivity index (χ4v) is 1.09. The van der Waals surface area contributed by atoms with Gasteiger partial charge in [0.25, 0.3) is 0 Å². The summed E-state index contributed by atoms with van der Waals surface area (Å²) in [6, 6.07) is 1.93. The van der Waals surface area contributed by atoms with E-state index in [-0.39, 0.29) is 0 Å². The predicted octanol–water partition coefficient (Wildman–Crippen LogP) is 1.16. The van der Waals surface area contributed by atoms with Crippen molar-refractivity contribution in [2.24, 2.45) is 0 Å². The summed E-state index contributed by atoms with van der Waals surface area (Å²) < 4.78 is 1.84. The van der Waals surface area contributed by atoms with Gasteiger partial charge in [0.15, 0.2) is 0 Å². The molecule has 0 unspecified atom stereocenters. The van der Waals surface area contributed by atoms with Gasteiger partial charge in [-0.05, 0) is 18.6 Å². The molecule has 4 nitrogen and oxygen atoms in total. The van der Waals surface area contributed by atoms with E-state index in [1.54, 1.807) is 18.7 Å². The fraction of sp³-hybridized carbons (Fsp3) is 0.111. The van der Waals surface area contributed by atoms with Gasteiger partial charge >= 0.3 is 0 Å². The summed E-state index contributed by atoms with van der Waals surface area (Å²) in [6.07, 6.45) is 6.92. The molecule has 0 spiro atoms. The number of pyridine rings is 1. The molecule has 0 aliphatic carbocycles. The Morgan fingerprint density at radius 2 is 2.31 bits per heavy atom. The van der Waals surface area contributed by atoms with Gasteiger partial charge in [-0.3, -0.25) is 4.57 Å². The molecule has 0 aliphatic heterocycles. The lowest BCUT2D eigenvalue weighted by molar-refractivity contribution is 0.989. The molecule has 0 radical (unpaired) electrons. The molecule has 2 N–H and O–H groups in total. The highest BCUT2D eigenvalue weighted by atomic mass is 15.1. The molecule has 0 aromatic carbocycles. The zero-order valence-electron chi connectivity index (χ0n) is 7.31. The summed E-state index contributed by atoms with van der Waals surface area (Å²) in [5.41, 5.74) is 7.39. The third-order valence-electron chi connectivity index (χ3n) is 1.91. The normalized spacial score (nSPS) is 10.2. The summed E-state index contributed by atoms with van der Waals surface area (Å²) in [7, 11) is 0. The van der Waals surface area contributed by atoms with Crippen LogP contribution in [-0.2, 0) is 0 Å². The average molecular weight is 174 g/mol. The Bertz CT molecular complexity index is 406. The summed E-state index contributed by atoms with van der Waals surface area (Å²) in [4.78, 5) is 8.12. The Morgan fingerprint density at radius 3 is 2.92 bits per heavy atom. The van der Waals surface area contributed by atoms with Crippen molar-refractivity contribution in [3.8, 4) is 5.82 Å². The van der Waals surface area contributed by atoms with E-state index < -0.39 is 0 Å². The van der Waals surface area contributed by atoms with Gasteiger partial charge in [0, 0.05) is 12.4 Å². The van der Waals surface area contributed by atoms with Gasteiger partial charge in [-0.2, -0.15) is 0 Å². The fourth-order valence-electron chi connectivity index (χ4n) is 1.09. The van der Waals surface area contributed by atoms with Gasteiger partial charge in [-0.15, -0.1) is 0 Å². The second kappa shape index (κ2) is 2.90. The zero-order valence-corrected chi connectivity index (χ0v) is 7.31. The minimum absolute atomic E-state index is 0.712. The van der Waals surface area contributed by atoms with Crippen LogP contribution in [0, 0.1) is 6.92 Å². The molecule has 2 aromatic heterocycles. The minimum Gasteiger partial charge on any atom is -0.397 e. The molecule has 66 valence electrons. The highest BCUT2D eigenvalue weighted by molar-refractivity contribution is 5.47. The summed E-state index contributed by atoms with van der Waals surface area (Å²) in [5, 5.41) is 0. The average Bonchev–Trinajstić information content (AvgIpc) is 2.62. The first-order valence-electron chi connectivity index (χ1n) is 3.98. The second-order valence-corrected chi connectivity index (χ2v) is 2.87. The molecule has 0 fully saturated rings. The van der Waals surface area contributed by atoms with E-state index in [2.05, 4.69) is 9.97 Å². The first-order chi connectivity index (χ1) is 6.27. The zero-order chi connectivity index (χ0) is 9.26. The molecule has 13 heavy (non-hydrogen) atoms. The van der Waals surface area contributed by atoms with Crippen molar-refractivity contribution in [1.82, 2.24) is 14.5 Å². The van der Waals surface area contributed by atoms with Crippen LogP contribution in [0.2, 0.25) is 0 Å². The van der Waals surface area contributed by atoms with Crippen LogP contribution in [0.25, 0.3) is 5.82 Å². The molecule has 0 amide bonds. The molecule has 2 rings (SSSR count). The maximum absolute atomic E-state index is 5.65. The van der Waals surface area contributed by atoms with Crippen LogP contribution >= 0.6 is 0 Å². The SMILES string of the molecule is Cc1cc(-n2ccnc2)ncc1N. The van der Waals surface area contributed by atoms with Crippen molar-refractivity contribution < 1.29 is 0 Å². The Kier molecular flexibility index (Phi) is 1.73. The van der Waals surface area contributed by atoms with Crippen molar-refractivity contribution in [2.45, 2.75) is 6.92 Å². The lowest BCUT2D eigenvalue weighted by Crippen LogP contribution is -1.97. The van der Waals surface area contributed by atoms with Crippen molar-refractivity contribution in [2.75, 3.05) is 5.73 Å². The summed E-state index contributed by atoms with van der Waals surface area (Å²) in [5.74, 6) is 0.837. The number of nitrogens with zero attached hydrogens (tertiary/aromatic N) is 3. The van der Waals surface area contributed by atoms with Crippen LogP contribution < -0.4 is 5.73 Å². The van der Waals surface area contributed by atoms with Crippen LogP contribution in [0.15, 0.2) is 31.0 Å². The number of hydrogen-bond donors (Lipinski definition) is 1. The lowest BCUT2D eigenvalue weighted by atomic mass is 10.2. The number of aryl methyl sites for hydroxylation is 1. The lowest BCUT2D eigenvalue weighted by Gasteiger charge is -2.03. The highest BCUT2D eigenvalue weighted by Crippen LogP contribution is 2.12. The largest absolute Gasteiger partial charge is 0.397 e. The van der Waals surface area contributed by atoms with Crippen molar-refractivity contribution in [3.63, 3.8) is 0 Å². The van der Waals surface area contributed by atoms with E-state index >= 15 is 0 Å². The monoisotopic (exact) mass is 174 g/mol.